The molecule has 0 radical (unpaired) electrons. The quantitative estimate of drug-likeness (QED) is 0.0633. The van der Waals surface area contributed by atoms with Crippen molar-refractivity contribution in [2.45, 2.75) is 52.7 Å². The first-order chi connectivity index (χ1) is 20.4. The van der Waals surface area contributed by atoms with Crippen LogP contribution in [0.25, 0.3) is 21.8 Å². The van der Waals surface area contributed by atoms with E-state index in [1.54, 1.807) is 58.9 Å². The Balaban J connectivity index is 0.000000261. The van der Waals surface area contributed by atoms with E-state index >= 15 is 0 Å². The fourth-order valence-corrected chi connectivity index (χ4v) is 4.16. The second-order valence-corrected chi connectivity index (χ2v) is 11.6. The maximum Gasteiger partial charge on any atom is 0.329 e. The number of carbonyl (C=O) groups excluding carboxylic acids is 1. The molecular weight excluding hydrogens is 611 g/mol. The third kappa shape index (κ3) is 10.9. The van der Waals surface area contributed by atoms with E-state index in [-0.39, 0.29) is 34.2 Å². The Kier molecular flexibility index (Phi) is 12.9. The highest BCUT2D eigenvalue weighted by Gasteiger charge is 2.25. The molecule has 0 saturated carbocycles. The number of halogens is 2. The van der Waals surface area contributed by atoms with Crippen LogP contribution in [0.5, 0.6) is 0 Å². The first-order valence-electron chi connectivity index (χ1n) is 13.6. The van der Waals surface area contributed by atoms with E-state index in [0.29, 0.717) is 35.4 Å². The molecule has 6 N–H and O–H groups in total. The summed E-state index contributed by atoms with van der Waals surface area (Å²) >= 11 is 11.9. The lowest BCUT2D eigenvalue weighted by Crippen LogP contribution is -2.29. The van der Waals surface area contributed by atoms with Crippen LogP contribution < -0.4 is 16.4 Å². The van der Waals surface area contributed by atoms with Gasteiger partial charge >= 0.3 is 11.7 Å². The molecule has 14 heteroatoms. The van der Waals surface area contributed by atoms with Crippen LogP contribution in [0.4, 0.5) is 22.7 Å². The van der Waals surface area contributed by atoms with Crippen molar-refractivity contribution in [2.75, 3.05) is 36.1 Å². The third-order valence-electron chi connectivity index (χ3n) is 5.63. The largest absolute Gasteiger partial charge is 0.466 e. The van der Waals surface area contributed by atoms with Crippen molar-refractivity contribution in [3.8, 4) is 0 Å². The molecule has 0 aliphatic carbocycles. The lowest BCUT2D eigenvalue weighted by molar-refractivity contribution is -0.384. The summed E-state index contributed by atoms with van der Waals surface area (Å²) in [6.45, 7) is 10.8. The van der Waals surface area contributed by atoms with Gasteiger partial charge in [-0.25, -0.2) is 9.97 Å². The number of carbonyl (C=O) groups is 1. The normalized spacial score (nSPS) is 11.1. The first kappa shape index (κ1) is 36.2. The van der Waals surface area contributed by atoms with Gasteiger partial charge in [-0.1, -0.05) is 59.6 Å². The van der Waals surface area contributed by atoms with Crippen LogP contribution in [-0.4, -0.2) is 62.0 Å². The van der Waals surface area contributed by atoms with Crippen LogP contribution in [0.1, 0.15) is 41.5 Å². The number of aliphatic hydroxyl groups is 2. The summed E-state index contributed by atoms with van der Waals surface area (Å²) in [6, 6.07) is 14.6. The predicted octanol–water partition coefficient (Wildman–Crippen LogP) is 6.20. The second kappa shape index (κ2) is 15.7. The summed E-state index contributed by atoms with van der Waals surface area (Å²) in [5.41, 5.74) is 6.54. The van der Waals surface area contributed by atoms with Crippen LogP contribution in [0.2, 0.25) is 10.3 Å². The monoisotopic (exact) mass is 648 g/mol. The number of aromatic nitrogens is 2. The molecule has 4 aromatic rings. The number of ether oxygens (including phenoxy) is 1. The van der Waals surface area contributed by atoms with Crippen molar-refractivity contribution >= 4 is 73.7 Å². The molecule has 44 heavy (non-hydrogen) atoms. The third-order valence-corrected chi connectivity index (χ3v) is 6.19. The van der Waals surface area contributed by atoms with Gasteiger partial charge < -0.3 is 31.3 Å². The smallest absolute Gasteiger partial charge is 0.329 e. The maximum atomic E-state index is 11.2. The number of pyridine rings is 2. The fraction of sp³-hybridized carbons (Fsp3) is 0.367. The highest BCUT2D eigenvalue weighted by Crippen LogP contribution is 2.37. The number of nitrogen functional groups attached to an aromatic ring is 1. The minimum atomic E-state index is -1.01. The Labute approximate surface area is 265 Å². The van der Waals surface area contributed by atoms with Gasteiger partial charge in [0.2, 0.25) is 5.15 Å². The van der Waals surface area contributed by atoms with Crippen molar-refractivity contribution in [1.82, 2.24) is 9.97 Å². The van der Waals surface area contributed by atoms with E-state index in [0.717, 1.165) is 10.9 Å². The summed E-state index contributed by atoms with van der Waals surface area (Å²) in [6.07, 6.45) is 0. The molecule has 0 spiro atoms. The highest BCUT2D eigenvalue weighted by atomic mass is 35.5. The lowest BCUT2D eigenvalue weighted by Gasteiger charge is -2.20. The van der Waals surface area contributed by atoms with Crippen LogP contribution in [-0.2, 0) is 9.53 Å². The molecule has 0 saturated heterocycles. The zero-order valence-corrected chi connectivity index (χ0v) is 27.0. The minimum Gasteiger partial charge on any atom is -0.466 e. The average molecular weight is 650 g/mol. The topological polar surface area (TPSA) is 186 Å². The molecular formula is C30H38Cl2N6O6. The molecule has 0 bridgehead atoms. The number of nitrogens with one attached hydrogen (secondary N) is 2. The number of nitro groups is 1. The van der Waals surface area contributed by atoms with Gasteiger partial charge in [-0.2, -0.15) is 0 Å². The number of nitrogens with zero attached hydrogens (tertiary/aromatic N) is 3. The van der Waals surface area contributed by atoms with Gasteiger partial charge in [0.15, 0.2) is 5.15 Å². The molecule has 0 aliphatic heterocycles. The Morgan fingerprint density at radius 2 is 1.34 bits per heavy atom. The molecule has 0 amide bonds. The van der Waals surface area contributed by atoms with Crippen LogP contribution in [0, 0.1) is 10.1 Å². The van der Waals surface area contributed by atoms with E-state index in [1.807, 2.05) is 24.3 Å². The van der Waals surface area contributed by atoms with E-state index < -0.39 is 16.1 Å². The number of hydrogen-bond acceptors (Lipinski definition) is 11. The number of esters is 1. The molecule has 12 nitrogen and oxygen atoms in total. The van der Waals surface area contributed by atoms with E-state index in [4.69, 9.17) is 28.9 Å². The lowest BCUT2D eigenvalue weighted by atomic mass is 10.1. The Morgan fingerprint density at radius 3 is 1.75 bits per heavy atom. The van der Waals surface area contributed by atoms with Crippen molar-refractivity contribution in [1.29, 1.82) is 0 Å². The Morgan fingerprint density at radius 1 is 0.909 bits per heavy atom. The van der Waals surface area contributed by atoms with E-state index in [9.17, 15) is 25.1 Å². The summed E-state index contributed by atoms with van der Waals surface area (Å²) in [5, 5.41) is 38.3. The van der Waals surface area contributed by atoms with Gasteiger partial charge in [0.25, 0.3) is 0 Å². The predicted molar refractivity (Wildman–Crippen MR) is 176 cm³/mol. The summed E-state index contributed by atoms with van der Waals surface area (Å²) in [5.74, 6) is -0.211. The van der Waals surface area contributed by atoms with Crippen molar-refractivity contribution in [3.05, 3.63) is 69.0 Å². The van der Waals surface area contributed by atoms with Crippen molar-refractivity contribution in [3.63, 3.8) is 0 Å². The average Bonchev–Trinajstić information content (AvgIpc) is 2.91. The zero-order valence-electron chi connectivity index (χ0n) is 25.4. The number of fused-ring (bicyclic) bond motifs is 2. The van der Waals surface area contributed by atoms with Gasteiger partial charge in [-0.05, 0) is 46.8 Å². The SMILES string of the molecule is CC(C)(O)CNc1c(N)c(Cl)nc2ccccc12.CC(C)(O)CNc1c([N+](=O)[O-])c(Cl)nc2ccccc12.CCOC(C)=O. The first-order valence-corrected chi connectivity index (χ1v) is 14.3. The number of rotatable bonds is 8. The van der Waals surface area contributed by atoms with Gasteiger partial charge in [-0.3, -0.25) is 14.9 Å². The van der Waals surface area contributed by atoms with Gasteiger partial charge in [-0.15, -0.1) is 0 Å². The number of anilines is 3. The van der Waals surface area contributed by atoms with Gasteiger partial charge in [0, 0.05) is 30.8 Å². The molecule has 2 heterocycles. The van der Waals surface area contributed by atoms with E-state index in [2.05, 4.69) is 25.3 Å². The van der Waals surface area contributed by atoms with Crippen LogP contribution in [0.3, 0.4) is 0 Å². The number of hydrogen-bond donors (Lipinski definition) is 5. The minimum absolute atomic E-state index is 0.151. The molecule has 0 atom stereocenters. The summed E-state index contributed by atoms with van der Waals surface area (Å²) < 4.78 is 4.40. The standard InChI is InChI=1S/C13H14ClN3O3.C13H16ClN3O.C4H8O2/c1-13(2,18)7-15-10-8-5-3-4-6-9(8)16-12(14)11(10)17(19)20;1-13(2,18)7-16-11-8-5-3-4-6-9(8)17-12(14)10(11)15;1-3-6-4(2)5/h3-6,18H,7H2,1-2H3,(H,15,16);3-6,18H,7,15H2,1-2H3,(H,16,17);3H2,1-2H3. The molecule has 0 fully saturated rings. The van der Waals surface area contributed by atoms with Crippen molar-refractivity contribution < 1.29 is 24.7 Å². The Hall–Kier alpha value is -3.97. The number of benzene rings is 2. The molecule has 2 aromatic carbocycles. The number of nitrogens with two attached hydrogens (primary N) is 1. The highest BCUT2D eigenvalue weighted by molar-refractivity contribution is 6.33. The molecule has 0 unspecified atom stereocenters. The van der Waals surface area contributed by atoms with Crippen LogP contribution in [0.15, 0.2) is 48.5 Å². The molecule has 238 valence electrons. The second-order valence-electron chi connectivity index (χ2n) is 10.9. The molecule has 4 rings (SSSR count). The van der Waals surface area contributed by atoms with Crippen molar-refractivity contribution in [2.24, 2.45) is 0 Å². The molecule has 0 aliphatic rings. The fourth-order valence-electron chi connectivity index (χ4n) is 3.72. The zero-order chi connectivity index (χ0) is 33.2. The Bertz CT molecular complexity index is 1610. The maximum absolute atomic E-state index is 11.2. The molecule has 2 aromatic heterocycles. The van der Waals surface area contributed by atoms with E-state index in [1.165, 1.54) is 6.92 Å². The number of para-hydroxylation sites is 2. The van der Waals surface area contributed by atoms with Gasteiger partial charge in [0.05, 0.1) is 45.1 Å². The summed E-state index contributed by atoms with van der Waals surface area (Å²) in [7, 11) is 0. The summed E-state index contributed by atoms with van der Waals surface area (Å²) in [4.78, 5) is 28.7. The van der Waals surface area contributed by atoms with Crippen LogP contribution >= 0.6 is 23.2 Å². The van der Waals surface area contributed by atoms with Gasteiger partial charge in [0.1, 0.15) is 5.69 Å².